The lowest BCUT2D eigenvalue weighted by atomic mass is 9.99. The van der Waals surface area contributed by atoms with E-state index in [-0.39, 0.29) is 41.8 Å². The van der Waals surface area contributed by atoms with Gasteiger partial charge >= 0.3 is 6.18 Å². The number of alkyl halides is 3. The number of para-hydroxylation sites is 1. The van der Waals surface area contributed by atoms with E-state index in [1.165, 1.54) is 19.1 Å². The smallest absolute Gasteiger partial charge is 0.389 e. The first-order valence-electron chi connectivity index (χ1n) is 12.1. The standard InChI is InChI=1S/C27H28F3N3O5/c1-37-19-10-6-11-20(38-2)23(19)33-21(12-7-14-27(28,29)30)31-24(34)22(26(33)36)25(35)32-15-13-18(16-32)17-8-4-3-5-9-17/h3-6,8-11,18,36H,7,12-16H2,1-2H3/t18-/m0/s1. The molecule has 1 aromatic heterocycles. The number of nitrogens with zero attached hydrogens (tertiary/aromatic N) is 3. The minimum absolute atomic E-state index is 0.0634. The van der Waals surface area contributed by atoms with E-state index in [1.807, 2.05) is 30.3 Å². The summed E-state index contributed by atoms with van der Waals surface area (Å²) in [4.78, 5) is 32.0. The Morgan fingerprint density at radius 3 is 2.34 bits per heavy atom. The molecule has 2 heterocycles. The molecule has 38 heavy (non-hydrogen) atoms. The van der Waals surface area contributed by atoms with Crippen molar-refractivity contribution in [3.05, 3.63) is 75.8 Å². The summed E-state index contributed by atoms with van der Waals surface area (Å²) >= 11 is 0. The Hall–Kier alpha value is -4.02. The van der Waals surface area contributed by atoms with Crippen molar-refractivity contribution in [2.45, 2.75) is 37.8 Å². The largest absolute Gasteiger partial charge is 0.494 e. The van der Waals surface area contributed by atoms with E-state index >= 15 is 0 Å². The van der Waals surface area contributed by atoms with E-state index in [9.17, 15) is 27.9 Å². The van der Waals surface area contributed by atoms with Gasteiger partial charge in [-0.05, 0) is 30.5 Å². The van der Waals surface area contributed by atoms with Crippen molar-refractivity contribution < 1.29 is 32.5 Å². The minimum Gasteiger partial charge on any atom is -0.494 e. The minimum atomic E-state index is -4.41. The number of carbonyl (C=O) groups is 1. The summed E-state index contributed by atoms with van der Waals surface area (Å²) in [6.07, 6.45) is -5.52. The third-order valence-corrected chi connectivity index (χ3v) is 6.58. The first-order valence-corrected chi connectivity index (χ1v) is 12.1. The summed E-state index contributed by atoms with van der Waals surface area (Å²) < 4.78 is 50.4. The Morgan fingerprint density at radius 1 is 1.08 bits per heavy atom. The molecule has 4 rings (SSSR count). The van der Waals surface area contributed by atoms with Crippen LogP contribution in [-0.4, -0.2) is 59.0 Å². The first kappa shape index (κ1) is 27.0. The van der Waals surface area contributed by atoms with Gasteiger partial charge in [-0.2, -0.15) is 18.2 Å². The predicted molar refractivity (Wildman–Crippen MR) is 133 cm³/mol. The van der Waals surface area contributed by atoms with Crippen LogP contribution in [0.5, 0.6) is 17.4 Å². The average molecular weight is 532 g/mol. The number of hydrogen-bond donors (Lipinski definition) is 1. The summed E-state index contributed by atoms with van der Waals surface area (Å²) in [7, 11) is 2.74. The van der Waals surface area contributed by atoms with E-state index in [0.29, 0.717) is 19.5 Å². The molecule has 1 fully saturated rings. The van der Waals surface area contributed by atoms with E-state index in [4.69, 9.17) is 9.47 Å². The second kappa shape index (κ2) is 11.2. The molecule has 8 nitrogen and oxygen atoms in total. The van der Waals surface area contributed by atoms with Gasteiger partial charge in [0.15, 0.2) is 5.56 Å². The van der Waals surface area contributed by atoms with E-state index in [0.717, 1.165) is 10.1 Å². The van der Waals surface area contributed by atoms with Crippen LogP contribution in [0.2, 0.25) is 0 Å². The van der Waals surface area contributed by atoms with Crippen molar-refractivity contribution in [1.29, 1.82) is 0 Å². The molecule has 0 unspecified atom stereocenters. The van der Waals surface area contributed by atoms with Crippen LogP contribution < -0.4 is 15.0 Å². The number of aromatic hydroxyl groups is 1. The fourth-order valence-corrected chi connectivity index (χ4v) is 4.74. The monoisotopic (exact) mass is 531 g/mol. The van der Waals surface area contributed by atoms with Gasteiger partial charge in [-0.25, -0.2) is 0 Å². The molecule has 202 valence electrons. The maximum Gasteiger partial charge on any atom is 0.389 e. The van der Waals surface area contributed by atoms with Gasteiger partial charge in [0.1, 0.15) is 23.0 Å². The van der Waals surface area contributed by atoms with Gasteiger partial charge in [-0.3, -0.25) is 14.2 Å². The Labute approximate surface area is 217 Å². The molecule has 1 aliphatic rings. The van der Waals surface area contributed by atoms with Crippen molar-refractivity contribution >= 4 is 5.91 Å². The number of likely N-dealkylation sites (tertiary alicyclic amines) is 1. The van der Waals surface area contributed by atoms with Crippen molar-refractivity contribution in [2.75, 3.05) is 27.3 Å². The summed E-state index contributed by atoms with van der Waals surface area (Å²) in [5, 5.41) is 11.4. The number of aromatic nitrogens is 2. The highest BCUT2D eigenvalue weighted by Crippen LogP contribution is 2.37. The third kappa shape index (κ3) is 5.61. The molecule has 1 amide bonds. The van der Waals surface area contributed by atoms with Crippen molar-refractivity contribution in [1.82, 2.24) is 14.5 Å². The second-order valence-corrected chi connectivity index (χ2v) is 8.99. The number of methoxy groups -OCH3 is 2. The average Bonchev–Trinajstić information content (AvgIpc) is 3.39. The highest BCUT2D eigenvalue weighted by molar-refractivity contribution is 5.96. The van der Waals surface area contributed by atoms with Gasteiger partial charge in [0.25, 0.3) is 11.5 Å². The first-order chi connectivity index (χ1) is 18.1. The van der Waals surface area contributed by atoms with Crippen LogP contribution in [0.15, 0.2) is 53.3 Å². The molecule has 0 bridgehead atoms. The summed E-state index contributed by atoms with van der Waals surface area (Å²) in [5.41, 5.74) is -0.405. The molecule has 3 aromatic rings. The van der Waals surface area contributed by atoms with Crippen LogP contribution in [0.25, 0.3) is 5.69 Å². The molecular weight excluding hydrogens is 503 g/mol. The molecule has 0 aliphatic carbocycles. The molecule has 0 spiro atoms. The van der Waals surface area contributed by atoms with Crippen LogP contribution in [0.4, 0.5) is 13.2 Å². The summed E-state index contributed by atoms with van der Waals surface area (Å²) in [6.45, 7) is 0.704. The molecule has 2 aromatic carbocycles. The zero-order valence-corrected chi connectivity index (χ0v) is 21.0. The number of rotatable bonds is 8. The number of halogens is 3. The molecule has 1 atom stereocenters. The van der Waals surface area contributed by atoms with Crippen LogP contribution in [0.3, 0.4) is 0 Å². The maximum atomic E-state index is 13.5. The van der Waals surface area contributed by atoms with Crippen LogP contribution in [0, 0.1) is 0 Å². The number of benzene rings is 2. The molecular formula is C27H28F3N3O5. The highest BCUT2D eigenvalue weighted by Gasteiger charge is 2.34. The summed E-state index contributed by atoms with van der Waals surface area (Å²) in [5.74, 6) is -1.13. The number of ether oxygens (including phenoxy) is 2. The van der Waals surface area contributed by atoms with Crippen LogP contribution in [0.1, 0.15) is 46.9 Å². The molecule has 1 N–H and O–H groups in total. The Bertz CT molecular complexity index is 1340. The molecule has 1 aliphatic heterocycles. The third-order valence-electron chi connectivity index (χ3n) is 6.58. The maximum absolute atomic E-state index is 13.5. The van der Waals surface area contributed by atoms with Crippen molar-refractivity contribution in [3.8, 4) is 23.1 Å². The number of aryl methyl sites for hydroxylation is 1. The van der Waals surface area contributed by atoms with Crippen molar-refractivity contribution in [3.63, 3.8) is 0 Å². The normalized spacial score (nSPS) is 15.5. The van der Waals surface area contributed by atoms with Gasteiger partial charge < -0.3 is 19.5 Å². The lowest BCUT2D eigenvalue weighted by molar-refractivity contribution is -0.135. The van der Waals surface area contributed by atoms with E-state index in [2.05, 4.69) is 4.98 Å². The van der Waals surface area contributed by atoms with Crippen molar-refractivity contribution in [2.24, 2.45) is 0 Å². The second-order valence-electron chi connectivity index (χ2n) is 8.99. The van der Waals surface area contributed by atoms with Gasteiger partial charge in [0.2, 0.25) is 5.88 Å². The molecule has 1 saturated heterocycles. The number of carbonyl (C=O) groups excluding carboxylic acids is 1. The lowest BCUT2D eigenvalue weighted by Gasteiger charge is -2.22. The Balaban J connectivity index is 1.78. The predicted octanol–water partition coefficient (Wildman–Crippen LogP) is 4.47. The zero-order valence-electron chi connectivity index (χ0n) is 21.0. The van der Waals surface area contributed by atoms with Gasteiger partial charge in [-0.1, -0.05) is 36.4 Å². The number of hydrogen-bond acceptors (Lipinski definition) is 6. The van der Waals surface area contributed by atoms with Gasteiger partial charge in [0, 0.05) is 31.8 Å². The summed E-state index contributed by atoms with van der Waals surface area (Å²) in [6, 6.07) is 14.4. The zero-order chi connectivity index (χ0) is 27.4. The fraction of sp³-hybridized carbons (Fsp3) is 0.370. The topological polar surface area (TPSA) is 93.9 Å². The number of amides is 1. The van der Waals surface area contributed by atoms with Crippen LogP contribution in [-0.2, 0) is 6.42 Å². The SMILES string of the molecule is COc1cccc(OC)c1-n1c(CCCC(F)(F)F)nc(=O)c(C(=O)N2CC[C@H](c3ccccc3)C2)c1O. The van der Waals surface area contributed by atoms with Crippen LogP contribution >= 0.6 is 0 Å². The lowest BCUT2D eigenvalue weighted by Crippen LogP contribution is -2.35. The Morgan fingerprint density at radius 2 is 1.74 bits per heavy atom. The fourth-order valence-electron chi connectivity index (χ4n) is 4.74. The highest BCUT2D eigenvalue weighted by atomic mass is 19.4. The molecule has 0 radical (unpaired) electrons. The van der Waals surface area contributed by atoms with Gasteiger partial charge in [-0.15, -0.1) is 0 Å². The van der Waals surface area contributed by atoms with Gasteiger partial charge in [0.05, 0.1) is 14.2 Å². The quantitative estimate of drug-likeness (QED) is 0.461. The van der Waals surface area contributed by atoms with E-state index < -0.39 is 35.5 Å². The Kier molecular flexibility index (Phi) is 7.94. The molecule has 11 heteroatoms. The molecule has 0 saturated carbocycles. The van der Waals surface area contributed by atoms with E-state index in [1.54, 1.807) is 18.2 Å².